The van der Waals surface area contributed by atoms with Crippen molar-refractivity contribution in [2.24, 2.45) is 0 Å². The summed E-state index contributed by atoms with van der Waals surface area (Å²) in [6.07, 6.45) is 1.53. The van der Waals surface area contributed by atoms with E-state index in [0.717, 1.165) is 22.3 Å². The molecule has 2 N–H and O–H groups in total. The van der Waals surface area contributed by atoms with Gasteiger partial charge in [0.1, 0.15) is 13.2 Å². The third kappa shape index (κ3) is 4.87. The fourth-order valence-electron chi connectivity index (χ4n) is 4.59. The molecule has 0 spiro atoms. The summed E-state index contributed by atoms with van der Waals surface area (Å²) in [5, 5.41) is 12.0. The lowest BCUT2D eigenvalue weighted by Gasteiger charge is -2.29. The molecular formula is C26H30N2O5. The molecule has 174 valence electrons. The van der Waals surface area contributed by atoms with E-state index in [0.29, 0.717) is 19.3 Å². The van der Waals surface area contributed by atoms with E-state index < -0.39 is 17.6 Å². The lowest BCUT2D eigenvalue weighted by molar-refractivity contribution is -0.146. The molecule has 0 bridgehead atoms. The fourth-order valence-corrected chi connectivity index (χ4v) is 4.59. The first-order chi connectivity index (χ1) is 15.8. The van der Waals surface area contributed by atoms with Gasteiger partial charge in [-0.25, -0.2) is 4.79 Å². The Bertz CT molecular complexity index is 1020. The van der Waals surface area contributed by atoms with Crippen LogP contribution in [-0.4, -0.2) is 52.7 Å². The molecule has 2 aromatic rings. The molecule has 7 heteroatoms. The van der Waals surface area contributed by atoms with Gasteiger partial charge in [0.25, 0.3) is 0 Å². The van der Waals surface area contributed by atoms with Crippen molar-refractivity contribution >= 4 is 18.0 Å². The summed E-state index contributed by atoms with van der Waals surface area (Å²) >= 11 is 0. The molecule has 2 amide bonds. The minimum absolute atomic E-state index is 0.0311. The quantitative estimate of drug-likeness (QED) is 0.598. The fraction of sp³-hybridized carbons (Fsp3) is 0.423. The second-order valence-corrected chi connectivity index (χ2v) is 9.08. The summed E-state index contributed by atoms with van der Waals surface area (Å²) in [6, 6.07) is 16.1. The standard InChI is InChI=1S/C26H30N2O5/c1-3-17(2)28(15-24(30)31)23(29)14-26(12-13-26)27-25(32)33-16-22-20-10-6-4-8-18(20)19-9-5-7-11-21(19)22/h4-11,17,22H,3,12-16H2,1-2H3,(H,27,32)(H,30,31). The van der Waals surface area contributed by atoms with Crippen molar-refractivity contribution in [3.05, 3.63) is 59.7 Å². The van der Waals surface area contributed by atoms with Crippen LogP contribution in [0.15, 0.2) is 48.5 Å². The van der Waals surface area contributed by atoms with E-state index in [9.17, 15) is 14.4 Å². The molecule has 7 nitrogen and oxygen atoms in total. The van der Waals surface area contributed by atoms with Gasteiger partial charge in [-0.1, -0.05) is 55.5 Å². The van der Waals surface area contributed by atoms with Crippen LogP contribution in [0.5, 0.6) is 0 Å². The third-order valence-corrected chi connectivity index (χ3v) is 6.80. The highest BCUT2D eigenvalue weighted by molar-refractivity contribution is 5.84. The van der Waals surface area contributed by atoms with Gasteiger partial charge in [0, 0.05) is 12.0 Å². The number of carbonyl (C=O) groups is 3. The number of amides is 2. The number of fused-ring (bicyclic) bond motifs is 3. The summed E-state index contributed by atoms with van der Waals surface area (Å²) < 4.78 is 5.62. The molecule has 0 radical (unpaired) electrons. The van der Waals surface area contributed by atoms with Crippen molar-refractivity contribution in [3.8, 4) is 11.1 Å². The molecule has 0 saturated heterocycles. The molecule has 33 heavy (non-hydrogen) atoms. The Labute approximate surface area is 193 Å². The largest absolute Gasteiger partial charge is 0.480 e. The van der Waals surface area contributed by atoms with Crippen LogP contribution in [0.25, 0.3) is 11.1 Å². The van der Waals surface area contributed by atoms with Crippen molar-refractivity contribution < 1.29 is 24.2 Å². The summed E-state index contributed by atoms with van der Waals surface area (Å²) in [4.78, 5) is 38.0. The Balaban J connectivity index is 1.37. The maximum atomic E-state index is 12.8. The maximum absolute atomic E-state index is 12.8. The zero-order valence-corrected chi connectivity index (χ0v) is 19.0. The normalized spacial score (nSPS) is 16.3. The first-order valence-corrected chi connectivity index (χ1v) is 11.5. The zero-order chi connectivity index (χ0) is 23.6. The molecule has 1 unspecified atom stereocenters. The molecule has 1 atom stereocenters. The van der Waals surface area contributed by atoms with Gasteiger partial charge in [-0.3, -0.25) is 9.59 Å². The molecule has 1 fully saturated rings. The number of nitrogens with zero attached hydrogens (tertiary/aromatic N) is 1. The van der Waals surface area contributed by atoms with Crippen LogP contribution < -0.4 is 5.32 Å². The Hall–Kier alpha value is -3.35. The van der Waals surface area contributed by atoms with Crippen LogP contribution in [-0.2, 0) is 14.3 Å². The summed E-state index contributed by atoms with van der Waals surface area (Å²) in [5.41, 5.74) is 3.95. The Morgan fingerprint density at radius 2 is 1.67 bits per heavy atom. The third-order valence-electron chi connectivity index (χ3n) is 6.80. The SMILES string of the molecule is CCC(C)N(CC(=O)O)C(=O)CC1(NC(=O)OCC2c3ccccc3-c3ccccc32)CC1. The van der Waals surface area contributed by atoms with Crippen molar-refractivity contribution in [2.75, 3.05) is 13.2 Å². The highest BCUT2D eigenvalue weighted by atomic mass is 16.5. The van der Waals surface area contributed by atoms with Gasteiger partial charge in [0.05, 0.1) is 12.0 Å². The maximum Gasteiger partial charge on any atom is 0.407 e. The number of hydrogen-bond acceptors (Lipinski definition) is 4. The first kappa shape index (κ1) is 22.8. The molecule has 4 rings (SSSR count). The van der Waals surface area contributed by atoms with E-state index >= 15 is 0 Å². The van der Waals surface area contributed by atoms with Gasteiger partial charge in [0.15, 0.2) is 0 Å². The molecule has 2 aliphatic rings. The molecular weight excluding hydrogens is 420 g/mol. The number of ether oxygens (including phenoxy) is 1. The van der Waals surface area contributed by atoms with Gasteiger partial charge in [0.2, 0.25) is 5.91 Å². The predicted octanol–water partition coefficient (Wildman–Crippen LogP) is 4.16. The summed E-state index contributed by atoms with van der Waals surface area (Å²) in [6.45, 7) is 3.62. The number of carbonyl (C=O) groups excluding carboxylic acids is 2. The van der Waals surface area contributed by atoms with Gasteiger partial charge < -0.3 is 20.1 Å². The van der Waals surface area contributed by atoms with E-state index in [-0.39, 0.29) is 37.4 Å². The molecule has 2 aromatic carbocycles. The van der Waals surface area contributed by atoms with Gasteiger partial charge >= 0.3 is 12.1 Å². The minimum atomic E-state index is -1.04. The number of carboxylic acid groups (broad SMARTS) is 1. The van der Waals surface area contributed by atoms with Crippen LogP contribution in [0, 0.1) is 0 Å². The number of alkyl carbamates (subject to hydrolysis) is 1. The number of nitrogens with one attached hydrogen (secondary N) is 1. The van der Waals surface area contributed by atoms with Crippen molar-refractivity contribution in [2.45, 2.75) is 57.0 Å². The average molecular weight is 451 g/mol. The van der Waals surface area contributed by atoms with Crippen LogP contribution in [0.1, 0.15) is 56.6 Å². The van der Waals surface area contributed by atoms with Gasteiger partial charge in [-0.15, -0.1) is 0 Å². The highest BCUT2D eigenvalue weighted by Gasteiger charge is 2.47. The van der Waals surface area contributed by atoms with Crippen molar-refractivity contribution in [3.63, 3.8) is 0 Å². The van der Waals surface area contributed by atoms with E-state index in [4.69, 9.17) is 9.84 Å². The Morgan fingerprint density at radius 3 is 2.18 bits per heavy atom. The Morgan fingerprint density at radius 1 is 1.09 bits per heavy atom. The van der Waals surface area contributed by atoms with E-state index in [1.165, 1.54) is 4.90 Å². The Kier molecular flexibility index (Phi) is 6.40. The second kappa shape index (κ2) is 9.25. The lowest BCUT2D eigenvalue weighted by atomic mass is 9.98. The topological polar surface area (TPSA) is 95.9 Å². The van der Waals surface area contributed by atoms with Crippen molar-refractivity contribution in [1.29, 1.82) is 0 Å². The smallest absolute Gasteiger partial charge is 0.407 e. The molecule has 0 heterocycles. The van der Waals surface area contributed by atoms with E-state index in [1.54, 1.807) is 0 Å². The van der Waals surface area contributed by atoms with Crippen LogP contribution in [0.2, 0.25) is 0 Å². The minimum Gasteiger partial charge on any atom is -0.480 e. The monoisotopic (exact) mass is 450 g/mol. The number of hydrogen-bond donors (Lipinski definition) is 2. The average Bonchev–Trinajstić information content (AvgIpc) is 3.47. The number of rotatable bonds is 9. The first-order valence-electron chi connectivity index (χ1n) is 11.5. The zero-order valence-electron chi connectivity index (χ0n) is 19.0. The molecule has 2 aliphatic carbocycles. The second-order valence-electron chi connectivity index (χ2n) is 9.08. The van der Waals surface area contributed by atoms with Gasteiger partial charge in [-0.2, -0.15) is 0 Å². The predicted molar refractivity (Wildman–Crippen MR) is 124 cm³/mol. The summed E-state index contributed by atoms with van der Waals surface area (Å²) in [7, 11) is 0. The summed E-state index contributed by atoms with van der Waals surface area (Å²) in [5.74, 6) is -1.34. The van der Waals surface area contributed by atoms with E-state index in [2.05, 4.69) is 29.6 Å². The highest BCUT2D eigenvalue weighted by Crippen LogP contribution is 2.44. The van der Waals surface area contributed by atoms with Gasteiger partial charge in [-0.05, 0) is 48.4 Å². The lowest BCUT2D eigenvalue weighted by Crippen LogP contribution is -2.47. The number of aliphatic carboxylic acids is 1. The van der Waals surface area contributed by atoms with E-state index in [1.807, 2.05) is 38.1 Å². The molecule has 0 aliphatic heterocycles. The molecule has 0 aromatic heterocycles. The van der Waals surface area contributed by atoms with Crippen LogP contribution >= 0.6 is 0 Å². The number of carboxylic acids is 1. The molecule has 1 saturated carbocycles. The van der Waals surface area contributed by atoms with Crippen molar-refractivity contribution in [1.82, 2.24) is 10.2 Å². The van der Waals surface area contributed by atoms with Crippen LogP contribution in [0.4, 0.5) is 4.79 Å². The number of benzene rings is 2. The van der Waals surface area contributed by atoms with Crippen LogP contribution in [0.3, 0.4) is 0 Å².